The Morgan fingerprint density at radius 3 is 2.44 bits per heavy atom. The molecule has 214 valence electrons. The average molecular weight is 571 g/mol. The van der Waals surface area contributed by atoms with Crippen LogP contribution in [-0.4, -0.2) is 73.7 Å². The Bertz CT molecular complexity index is 1600. The number of pyridine rings is 1. The van der Waals surface area contributed by atoms with E-state index in [1.807, 2.05) is 6.07 Å². The third kappa shape index (κ3) is 4.80. The number of anilines is 2. The van der Waals surface area contributed by atoms with Crippen molar-refractivity contribution in [2.75, 3.05) is 38.5 Å². The van der Waals surface area contributed by atoms with E-state index in [0.717, 1.165) is 55.1 Å². The van der Waals surface area contributed by atoms with E-state index < -0.39 is 23.9 Å². The van der Waals surface area contributed by atoms with E-state index in [2.05, 4.69) is 42.1 Å². The van der Waals surface area contributed by atoms with Crippen molar-refractivity contribution in [1.29, 1.82) is 0 Å². The molecule has 0 saturated carbocycles. The molecule has 1 N–H and O–H groups in total. The molecule has 13 heteroatoms. The van der Waals surface area contributed by atoms with Gasteiger partial charge in [0.2, 0.25) is 5.95 Å². The summed E-state index contributed by atoms with van der Waals surface area (Å²) in [7, 11) is 2.17. The van der Waals surface area contributed by atoms with E-state index in [1.165, 1.54) is 6.07 Å². The lowest BCUT2D eigenvalue weighted by Gasteiger charge is -2.19. The van der Waals surface area contributed by atoms with Crippen LogP contribution in [0.4, 0.5) is 33.7 Å². The molecule has 2 unspecified atom stereocenters. The number of nitrogens with one attached hydrogen (secondary N) is 1. The van der Waals surface area contributed by atoms with Crippen LogP contribution in [0.25, 0.3) is 22.3 Å². The first-order valence-electron chi connectivity index (χ1n) is 13.5. The number of nitrogens with zero attached hydrogens (tertiary/aromatic N) is 7. The molecule has 0 bridgehead atoms. The van der Waals surface area contributed by atoms with Crippen LogP contribution in [-0.2, 0) is 13.0 Å². The van der Waals surface area contributed by atoms with Gasteiger partial charge in [0, 0.05) is 50.9 Å². The number of aryl methyl sites for hydroxylation is 1. The number of hydrogen-bond acceptors (Lipinski definition) is 7. The Labute approximate surface area is 232 Å². The van der Waals surface area contributed by atoms with Crippen LogP contribution in [0.3, 0.4) is 0 Å². The van der Waals surface area contributed by atoms with Crippen molar-refractivity contribution < 1.29 is 22.0 Å². The lowest BCUT2D eigenvalue weighted by molar-refractivity contribution is -0.164. The second kappa shape index (κ2) is 9.69. The number of fused-ring (bicyclic) bond motifs is 4. The maximum Gasteiger partial charge on any atom is 0.409 e. The van der Waals surface area contributed by atoms with Crippen LogP contribution in [0.5, 0.6) is 0 Å². The van der Waals surface area contributed by atoms with Gasteiger partial charge < -0.3 is 14.8 Å². The summed E-state index contributed by atoms with van der Waals surface area (Å²) in [5.41, 5.74) is 0.576. The fourth-order valence-corrected chi connectivity index (χ4v) is 6.62. The Kier molecular flexibility index (Phi) is 6.19. The monoisotopic (exact) mass is 570 g/mol. The van der Waals surface area contributed by atoms with Gasteiger partial charge in [-0.05, 0) is 49.1 Å². The molecule has 0 amide bonds. The molecule has 4 aromatic rings. The first-order chi connectivity index (χ1) is 19.6. The van der Waals surface area contributed by atoms with Crippen molar-refractivity contribution in [3.05, 3.63) is 59.7 Å². The molecular weight excluding hydrogens is 543 g/mol. The van der Waals surface area contributed by atoms with Crippen LogP contribution in [0.1, 0.15) is 23.9 Å². The van der Waals surface area contributed by atoms with E-state index in [-0.39, 0.29) is 46.9 Å². The fraction of sp³-hybridized carbons (Fsp3) is 0.429. The number of imidazole rings is 1. The maximum absolute atomic E-state index is 15.0. The molecule has 8 nitrogen and oxygen atoms in total. The molecule has 3 aliphatic rings. The first-order valence-corrected chi connectivity index (χ1v) is 13.5. The van der Waals surface area contributed by atoms with Gasteiger partial charge in [0.05, 0.1) is 11.7 Å². The maximum atomic E-state index is 15.0. The molecule has 0 radical (unpaired) electrons. The fourth-order valence-electron chi connectivity index (χ4n) is 6.62. The van der Waals surface area contributed by atoms with Gasteiger partial charge in [0.25, 0.3) is 0 Å². The lowest BCUT2D eigenvalue weighted by atomic mass is 10.0. The second-order valence-electron chi connectivity index (χ2n) is 11.3. The Morgan fingerprint density at radius 2 is 1.73 bits per heavy atom. The van der Waals surface area contributed by atoms with Crippen LogP contribution in [0, 0.1) is 23.5 Å². The number of aromatic nitrogens is 5. The molecule has 41 heavy (non-hydrogen) atoms. The van der Waals surface area contributed by atoms with Gasteiger partial charge in [-0.25, -0.2) is 28.7 Å². The van der Waals surface area contributed by atoms with Gasteiger partial charge in [-0.15, -0.1) is 0 Å². The van der Waals surface area contributed by atoms with E-state index in [1.54, 1.807) is 12.3 Å². The Hall–Kier alpha value is -3.71. The van der Waals surface area contributed by atoms with Crippen molar-refractivity contribution in [2.45, 2.75) is 31.6 Å². The van der Waals surface area contributed by atoms with Gasteiger partial charge in [-0.1, -0.05) is 6.07 Å². The van der Waals surface area contributed by atoms with Gasteiger partial charge >= 0.3 is 6.18 Å². The molecule has 0 spiro atoms. The van der Waals surface area contributed by atoms with Crippen molar-refractivity contribution in [3.8, 4) is 11.3 Å². The minimum atomic E-state index is -4.52. The molecule has 3 aromatic heterocycles. The normalized spacial score (nSPS) is 22.9. The summed E-state index contributed by atoms with van der Waals surface area (Å²) < 4.78 is 71.8. The highest BCUT2D eigenvalue weighted by Gasteiger charge is 2.46. The van der Waals surface area contributed by atoms with Gasteiger partial charge in [-0.3, -0.25) is 4.90 Å². The summed E-state index contributed by atoms with van der Waals surface area (Å²) in [5.74, 6) is 0.354. The van der Waals surface area contributed by atoms with Crippen molar-refractivity contribution in [2.24, 2.45) is 11.8 Å². The van der Waals surface area contributed by atoms with Crippen LogP contribution in [0.2, 0.25) is 0 Å². The van der Waals surface area contributed by atoms with Gasteiger partial charge in [-0.2, -0.15) is 13.2 Å². The molecule has 2 fully saturated rings. The zero-order valence-corrected chi connectivity index (χ0v) is 22.2. The molecule has 6 heterocycles. The number of benzene rings is 1. The average Bonchev–Trinajstić information content (AvgIpc) is 3.66. The number of halogens is 5. The smallest absolute Gasteiger partial charge is 0.316 e. The highest BCUT2D eigenvalue weighted by atomic mass is 19.4. The zero-order valence-electron chi connectivity index (χ0n) is 22.2. The predicted molar refractivity (Wildman–Crippen MR) is 141 cm³/mol. The molecular formula is C28H27F5N8. The molecule has 7 rings (SSSR count). The van der Waals surface area contributed by atoms with E-state index in [0.29, 0.717) is 17.7 Å². The summed E-state index contributed by atoms with van der Waals surface area (Å²) >= 11 is 0. The summed E-state index contributed by atoms with van der Waals surface area (Å²) in [4.78, 5) is 21.5. The van der Waals surface area contributed by atoms with E-state index in [9.17, 15) is 17.6 Å². The topological polar surface area (TPSA) is 75.0 Å². The molecule has 2 saturated heterocycles. The number of rotatable bonds is 5. The van der Waals surface area contributed by atoms with E-state index >= 15 is 4.39 Å². The zero-order chi connectivity index (χ0) is 28.5. The van der Waals surface area contributed by atoms with E-state index in [4.69, 9.17) is 0 Å². The standard InChI is InChI=1S/C28H27F5N8/c1-39-11-17-13-40(14-18(17)12-39)10-15-2-4-23(34-8-15)36-27-35-9-20(30)25(38-27)16-6-19(29)26-21(7-16)41-22(28(31,32)33)3-5-24(41)37-26/h2,4,6-9,17-18,22H,3,5,10-14H2,1H3,(H,34,35,36,38)/t17?,18?,22-/m0/s1. The summed E-state index contributed by atoms with van der Waals surface area (Å²) in [6.45, 7) is 5.24. The second-order valence-corrected chi connectivity index (χ2v) is 11.3. The van der Waals surface area contributed by atoms with Crippen molar-refractivity contribution in [1.82, 2.24) is 34.3 Å². The van der Waals surface area contributed by atoms with Gasteiger partial charge in [0.1, 0.15) is 28.9 Å². The number of likely N-dealkylation sites (tertiary alicyclic amines) is 2. The third-order valence-electron chi connectivity index (χ3n) is 8.39. The third-order valence-corrected chi connectivity index (χ3v) is 8.39. The van der Waals surface area contributed by atoms with Crippen molar-refractivity contribution >= 4 is 22.8 Å². The minimum Gasteiger partial charge on any atom is -0.316 e. The summed E-state index contributed by atoms with van der Waals surface area (Å²) in [5, 5.41) is 2.94. The molecule has 3 aliphatic heterocycles. The SMILES string of the molecule is CN1CC2CN(Cc3ccc(Nc4ncc(F)c(-c5cc(F)c6nc7n(c6c5)[C@H](C(F)(F)F)CC7)n4)nc3)CC2C1. The molecule has 1 aromatic carbocycles. The quantitative estimate of drug-likeness (QED) is 0.341. The summed E-state index contributed by atoms with van der Waals surface area (Å²) in [6, 6.07) is 4.25. The highest BCUT2D eigenvalue weighted by molar-refractivity contribution is 5.83. The largest absolute Gasteiger partial charge is 0.409 e. The summed E-state index contributed by atoms with van der Waals surface area (Å²) in [6.07, 6.45) is -1.91. The van der Waals surface area contributed by atoms with Crippen LogP contribution < -0.4 is 5.32 Å². The highest BCUT2D eigenvalue weighted by Crippen LogP contribution is 2.42. The number of alkyl halides is 3. The Balaban J connectivity index is 1.11. The Morgan fingerprint density at radius 1 is 0.951 bits per heavy atom. The van der Waals surface area contributed by atoms with Crippen LogP contribution in [0.15, 0.2) is 36.7 Å². The molecule has 3 atom stereocenters. The predicted octanol–water partition coefficient (Wildman–Crippen LogP) is 4.95. The number of hydrogen-bond donors (Lipinski definition) is 1. The first kappa shape index (κ1) is 26.2. The van der Waals surface area contributed by atoms with Crippen molar-refractivity contribution in [3.63, 3.8) is 0 Å². The lowest BCUT2D eigenvalue weighted by Crippen LogP contribution is -2.26. The minimum absolute atomic E-state index is 0.0154. The molecule has 0 aliphatic carbocycles. The van der Waals surface area contributed by atoms with Gasteiger partial charge in [0.15, 0.2) is 11.6 Å². The van der Waals surface area contributed by atoms with Crippen LogP contribution >= 0.6 is 0 Å².